The average molecular weight is 162 g/mol. The Balaban J connectivity index is 2.56. The highest BCUT2D eigenvalue weighted by Gasteiger charge is 2.19. The maximum Gasteiger partial charge on any atom is 0.118 e. The highest BCUT2D eigenvalue weighted by atomic mass is 16.3. The van der Waals surface area contributed by atoms with Gasteiger partial charge in [0.1, 0.15) is 5.75 Å². The maximum absolute atomic E-state index is 9.47. The molecule has 64 valence electrons. The zero-order chi connectivity index (χ0) is 8.72. The van der Waals surface area contributed by atoms with Crippen LogP contribution in [0.5, 0.6) is 5.75 Å². The molecular formula is C11H14O. The third kappa shape index (κ3) is 1.01. The molecule has 1 atom stereocenters. The van der Waals surface area contributed by atoms with Gasteiger partial charge in [0.2, 0.25) is 0 Å². The van der Waals surface area contributed by atoms with Crippen LogP contribution in [0.4, 0.5) is 0 Å². The second-order valence-corrected chi connectivity index (χ2v) is 3.78. The van der Waals surface area contributed by atoms with Gasteiger partial charge in [-0.3, -0.25) is 0 Å². The lowest BCUT2D eigenvalue weighted by Gasteiger charge is -2.06. The fraction of sp³-hybridized carbons (Fsp3) is 0.455. The van der Waals surface area contributed by atoms with Crippen molar-refractivity contribution in [2.45, 2.75) is 32.6 Å². The second kappa shape index (κ2) is 2.51. The van der Waals surface area contributed by atoms with Crippen LogP contribution in [0.3, 0.4) is 0 Å². The first-order chi connectivity index (χ1) is 5.68. The van der Waals surface area contributed by atoms with Gasteiger partial charge in [-0.2, -0.15) is 0 Å². The topological polar surface area (TPSA) is 20.2 Å². The molecule has 0 fully saturated rings. The standard InChI is InChI=1S/C11H14O/c1-7-3-4-9-6-11(12)8(2)5-10(7)9/h5-7,12H,3-4H2,1-2H3. The fourth-order valence-corrected chi connectivity index (χ4v) is 1.96. The molecule has 1 N–H and O–H groups in total. The third-order valence-electron chi connectivity index (χ3n) is 2.84. The van der Waals surface area contributed by atoms with Crippen molar-refractivity contribution >= 4 is 0 Å². The van der Waals surface area contributed by atoms with E-state index >= 15 is 0 Å². The molecule has 1 nitrogen and oxygen atoms in total. The van der Waals surface area contributed by atoms with Crippen LogP contribution >= 0.6 is 0 Å². The lowest BCUT2D eigenvalue weighted by atomic mass is 10.0. The minimum absolute atomic E-state index is 0.447. The van der Waals surface area contributed by atoms with Crippen LogP contribution in [-0.2, 0) is 6.42 Å². The van der Waals surface area contributed by atoms with Crippen molar-refractivity contribution in [2.75, 3.05) is 0 Å². The molecule has 1 heteroatoms. The van der Waals surface area contributed by atoms with Crippen molar-refractivity contribution in [3.8, 4) is 5.75 Å². The molecule has 1 aliphatic rings. The molecule has 0 aromatic heterocycles. The van der Waals surface area contributed by atoms with Crippen LogP contribution in [-0.4, -0.2) is 5.11 Å². The number of hydrogen-bond acceptors (Lipinski definition) is 1. The van der Waals surface area contributed by atoms with Crippen molar-refractivity contribution in [1.29, 1.82) is 0 Å². The number of hydrogen-bond donors (Lipinski definition) is 1. The van der Waals surface area contributed by atoms with Gasteiger partial charge in [0.15, 0.2) is 0 Å². The first-order valence-electron chi connectivity index (χ1n) is 4.51. The predicted octanol–water partition coefficient (Wildman–Crippen LogP) is 2.75. The monoisotopic (exact) mass is 162 g/mol. The molecular weight excluding hydrogens is 148 g/mol. The second-order valence-electron chi connectivity index (χ2n) is 3.78. The van der Waals surface area contributed by atoms with Crippen LogP contribution in [0, 0.1) is 6.92 Å². The lowest BCUT2D eigenvalue weighted by Crippen LogP contribution is -1.87. The van der Waals surface area contributed by atoms with Gasteiger partial charge in [0.25, 0.3) is 0 Å². The first-order valence-corrected chi connectivity index (χ1v) is 4.51. The number of benzene rings is 1. The van der Waals surface area contributed by atoms with Crippen molar-refractivity contribution in [3.63, 3.8) is 0 Å². The van der Waals surface area contributed by atoms with Crippen LogP contribution in [0.2, 0.25) is 0 Å². The Morgan fingerprint density at radius 3 is 2.92 bits per heavy atom. The number of aromatic hydroxyl groups is 1. The van der Waals surface area contributed by atoms with Crippen LogP contribution in [0.15, 0.2) is 12.1 Å². The SMILES string of the molecule is Cc1cc2c(cc1O)CCC2C. The van der Waals surface area contributed by atoms with Crippen molar-refractivity contribution in [3.05, 3.63) is 28.8 Å². The van der Waals surface area contributed by atoms with Crippen LogP contribution in [0.1, 0.15) is 36.0 Å². The third-order valence-corrected chi connectivity index (χ3v) is 2.84. The van der Waals surface area contributed by atoms with Gasteiger partial charge in [0, 0.05) is 0 Å². The molecule has 1 aromatic carbocycles. The molecule has 0 aliphatic heterocycles. The summed E-state index contributed by atoms with van der Waals surface area (Å²) in [5.41, 5.74) is 3.78. The summed E-state index contributed by atoms with van der Waals surface area (Å²) >= 11 is 0. The summed E-state index contributed by atoms with van der Waals surface area (Å²) in [6.45, 7) is 4.21. The number of rotatable bonds is 0. The minimum atomic E-state index is 0.447. The van der Waals surface area contributed by atoms with E-state index in [-0.39, 0.29) is 0 Å². The summed E-state index contributed by atoms with van der Waals surface area (Å²) in [4.78, 5) is 0. The van der Waals surface area contributed by atoms with E-state index in [1.165, 1.54) is 17.5 Å². The summed E-state index contributed by atoms with van der Waals surface area (Å²) in [6, 6.07) is 4.05. The Kier molecular flexibility index (Phi) is 1.60. The van der Waals surface area contributed by atoms with Crippen LogP contribution < -0.4 is 0 Å². The quantitative estimate of drug-likeness (QED) is 0.622. The van der Waals surface area contributed by atoms with Gasteiger partial charge in [-0.05, 0) is 48.4 Å². The van der Waals surface area contributed by atoms with E-state index in [2.05, 4.69) is 13.0 Å². The number of fused-ring (bicyclic) bond motifs is 1. The highest BCUT2D eigenvalue weighted by molar-refractivity contribution is 5.44. The van der Waals surface area contributed by atoms with Gasteiger partial charge in [-0.15, -0.1) is 0 Å². The minimum Gasteiger partial charge on any atom is -0.508 e. The van der Waals surface area contributed by atoms with E-state index < -0.39 is 0 Å². The number of phenolic OH excluding ortho intramolecular Hbond substituents is 1. The molecule has 12 heavy (non-hydrogen) atoms. The Labute approximate surface area is 73.0 Å². The fourth-order valence-electron chi connectivity index (χ4n) is 1.96. The van der Waals surface area contributed by atoms with Crippen LogP contribution in [0.25, 0.3) is 0 Å². The Hall–Kier alpha value is -0.980. The van der Waals surface area contributed by atoms with Gasteiger partial charge in [-0.1, -0.05) is 13.0 Å². The van der Waals surface area contributed by atoms with E-state index in [1.807, 2.05) is 13.0 Å². The molecule has 0 radical (unpaired) electrons. The molecule has 0 spiro atoms. The molecule has 0 heterocycles. The zero-order valence-electron chi connectivity index (χ0n) is 7.59. The van der Waals surface area contributed by atoms with Gasteiger partial charge in [-0.25, -0.2) is 0 Å². The average Bonchev–Trinajstić information content (AvgIpc) is 2.35. The molecule has 0 bridgehead atoms. The van der Waals surface area contributed by atoms with E-state index in [9.17, 15) is 5.11 Å². The molecule has 0 saturated carbocycles. The maximum atomic E-state index is 9.47. The Morgan fingerprint density at radius 1 is 1.42 bits per heavy atom. The normalized spacial score (nSPS) is 21.0. The predicted molar refractivity (Wildman–Crippen MR) is 49.6 cm³/mol. The van der Waals surface area contributed by atoms with Crippen molar-refractivity contribution in [1.82, 2.24) is 0 Å². The number of phenols is 1. The van der Waals surface area contributed by atoms with E-state index in [1.54, 1.807) is 0 Å². The van der Waals surface area contributed by atoms with Gasteiger partial charge in [0.05, 0.1) is 0 Å². The molecule has 1 aliphatic carbocycles. The molecule has 1 aromatic rings. The Morgan fingerprint density at radius 2 is 2.17 bits per heavy atom. The highest BCUT2D eigenvalue weighted by Crippen LogP contribution is 2.35. The van der Waals surface area contributed by atoms with Gasteiger partial charge < -0.3 is 5.11 Å². The summed E-state index contributed by atoms with van der Waals surface area (Å²) in [7, 11) is 0. The molecule has 0 amide bonds. The Bertz CT molecular complexity index is 315. The largest absolute Gasteiger partial charge is 0.508 e. The summed E-state index contributed by atoms with van der Waals surface area (Å²) in [5, 5.41) is 9.47. The van der Waals surface area contributed by atoms with E-state index in [0.717, 1.165) is 12.0 Å². The van der Waals surface area contributed by atoms with Crippen molar-refractivity contribution in [2.24, 2.45) is 0 Å². The molecule has 2 rings (SSSR count). The van der Waals surface area contributed by atoms with E-state index in [0.29, 0.717) is 11.7 Å². The smallest absolute Gasteiger partial charge is 0.118 e. The van der Waals surface area contributed by atoms with Crippen molar-refractivity contribution < 1.29 is 5.11 Å². The van der Waals surface area contributed by atoms with E-state index in [4.69, 9.17) is 0 Å². The molecule has 1 unspecified atom stereocenters. The zero-order valence-corrected chi connectivity index (χ0v) is 7.59. The summed E-state index contributed by atoms with van der Waals surface area (Å²) in [5.74, 6) is 1.13. The van der Waals surface area contributed by atoms with Gasteiger partial charge >= 0.3 is 0 Å². The molecule has 0 saturated heterocycles. The summed E-state index contributed by atoms with van der Waals surface area (Å²) in [6.07, 6.45) is 2.36. The lowest BCUT2D eigenvalue weighted by molar-refractivity contribution is 0.470. The summed E-state index contributed by atoms with van der Waals surface area (Å²) < 4.78 is 0. The first kappa shape index (κ1) is 7.66. The number of aryl methyl sites for hydroxylation is 2.